The van der Waals surface area contributed by atoms with Crippen molar-refractivity contribution in [2.45, 2.75) is 24.7 Å². The first-order chi connectivity index (χ1) is 33.9. The maximum absolute atomic E-state index is 7.21. The van der Waals surface area contributed by atoms with Gasteiger partial charge in [-0.05, 0) is 115 Å². The lowest BCUT2D eigenvalue weighted by Gasteiger charge is -2.40. The Morgan fingerprint density at radius 1 is 0.348 bits per heavy atom. The van der Waals surface area contributed by atoms with Crippen molar-refractivity contribution in [2.75, 3.05) is 4.90 Å². The van der Waals surface area contributed by atoms with Gasteiger partial charge in [0.2, 0.25) is 0 Å². The standard InChI is InChI=1S/C66H43NOS/c1-65(2)55-23-10-7-20-49(55)51-31-29-45(38-60(51)65)67(46-30-32-53-52-22-9-12-25-61(52)69-62(53)39-46)44-17-13-16-42(36-44)43-28-33-57-54(37-43)50-21-8-11-24-56(50)66(57)58-34-26-40-14-3-5-18-47(40)63(58)68-64-48-19-6-4-15-41(48)27-35-59(64)66/h3-39H,1-2H3. The summed E-state index contributed by atoms with van der Waals surface area (Å²) in [4.78, 5) is 2.47. The molecule has 0 radical (unpaired) electrons. The largest absolute Gasteiger partial charge is 0.455 e. The highest BCUT2D eigenvalue weighted by Gasteiger charge is 2.52. The number of ether oxygens (including phenoxy) is 1. The molecule has 69 heavy (non-hydrogen) atoms. The molecular formula is C66H43NOS. The van der Waals surface area contributed by atoms with Crippen LogP contribution in [0.25, 0.3) is 75.1 Å². The van der Waals surface area contributed by atoms with Crippen molar-refractivity contribution >= 4 is 70.1 Å². The monoisotopic (exact) mass is 897 g/mol. The molecule has 0 bridgehead atoms. The molecule has 0 N–H and O–H groups in total. The zero-order valence-electron chi connectivity index (χ0n) is 38.1. The smallest absolute Gasteiger partial charge is 0.140 e. The molecule has 3 aliphatic rings. The lowest BCUT2D eigenvalue weighted by molar-refractivity contribution is 0.447. The molecule has 0 amide bonds. The molecule has 2 heterocycles. The van der Waals surface area contributed by atoms with Crippen molar-refractivity contribution < 1.29 is 4.74 Å². The van der Waals surface area contributed by atoms with Gasteiger partial charge in [-0.15, -0.1) is 11.3 Å². The molecular weight excluding hydrogens is 855 g/mol. The molecule has 1 aliphatic heterocycles. The first kappa shape index (κ1) is 38.8. The Hall–Kier alpha value is -8.24. The second-order valence-electron chi connectivity index (χ2n) is 19.5. The lowest BCUT2D eigenvalue weighted by Crippen LogP contribution is -2.32. The zero-order chi connectivity index (χ0) is 45.6. The number of rotatable bonds is 4. The summed E-state index contributed by atoms with van der Waals surface area (Å²) in [7, 11) is 0. The normalized spacial score (nSPS) is 14.3. The number of benzene rings is 11. The third kappa shape index (κ3) is 5.31. The van der Waals surface area contributed by atoms with E-state index in [1.165, 1.54) is 97.7 Å². The fourth-order valence-corrected chi connectivity index (χ4v) is 13.7. The predicted molar refractivity (Wildman–Crippen MR) is 289 cm³/mol. The van der Waals surface area contributed by atoms with Gasteiger partial charge >= 0.3 is 0 Å². The van der Waals surface area contributed by atoms with Crippen molar-refractivity contribution in [3.05, 3.63) is 258 Å². The van der Waals surface area contributed by atoms with Crippen LogP contribution in [0.15, 0.2) is 224 Å². The topological polar surface area (TPSA) is 12.5 Å². The van der Waals surface area contributed by atoms with E-state index in [4.69, 9.17) is 4.74 Å². The molecule has 0 saturated carbocycles. The van der Waals surface area contributed by atoms with E-state index in [1.54, 1.807) is 0 Å². The number of hydrogen-bond donors (Lipinski definition) is 0. The van der Waals surface area contributed by atoms with Crippen molar-refractivity contribution in [1.82, 2.24) is 0 Å². The Labute approximate surface area is 405 Å². The van der Waals surface area contributed by atoms with Gasteiger partial charge in [-0.2, -0.15) is 0 Å². The van der Waals surface area contributed by atoms with Crippen LogP contribution in [0.1, 0.15) is 47.2 Å². The fraction of sp³-hybridized carbons (Fsp3) is 0.0606. The average Bonchev–Trinajstić information content (AvgIpc) is 3.99. The maximum Gasteiger partial charge on any atom is 0.140 e. The SMILES string of the molecule is CC1(C)c2ccccc2-c2ccc(N(c3cccc(-c4ccc5c(c4)-c4ccccc4C54c5ccc6ccccc6c5Oc5c4ccc4ccccc54)c3)c3ccc4c(c3)sc3ccccc34)cc21. The highest BCUT2D eigenvalue weighted by molar-refractivity contribution is 7.25. The molecule has 0 fully saturated rings. The average molecular weight is 898 g/mol. The lowest BCUT2D eigenvalue weighted by atomic mass is 9.65. The Kier molecular flexibility index (Phi) is 7.96. The highest BCUT2D eigenvalue weighted by atomic mass is 32.1. The molecule has 2 nitrogen and oxygen atoms in total. The van der Waals surface area contributed by atoms with E-state index >= 15 is 0 Å². The van der Waals surface area contributed by atoms with Crippen LogP contribution in [0.5, 0.6) is 11.5 Å². The first-order valence-electron chi connectivity index (χ1n) is 24.0. The summed E-state index contributed by atoms with van der Waals surface area (Å²) in [6.45, 7) is 4.74. The van der Waals surface area contributed by atoms with Crippen LogP contribution in [0, 0.1) is 0 Å². The molecule has 2 aliphatic carbocycles. The minimum atomic E-state index is -0.591. The molecule has 15 rings (SSSR count). The Morgan fingerprint density at radius 3 is 1.67 bits per heavy atom. The van der Waals surface area contributed by atoms with Gasteiger partial charge in [0.25, 0.3) is 0 Å². The van der Waals surface area contributed by atoms with Crippen LogP contribution >= 0.6 is 11.3 Å². The van der Waals surface area contributed by atoms with Crippen molar-refractivity contribution in [3.63, 3.8) is 0 Å². The van der Waals surface area contributed by atoms with Crippen LogP contribution in [0.4, 0.5) is 17.1 Å². The van der Waals surface area contributed by atoms with Crippen LogP contribution in [0.2, 0.25) is 0 Å². The quantitative estimate of drug-likeness (QED) is 0.175. The summed E-state index contributed by atoms with van der Waals surface area (Å²) < 4.78 is 9.80. The van der Waals surface area contributed by atoms with Gasteiger partial charge in [0.05, 0.1) is 5.41 Å². The van der Waals surface area contributed by atoms with E-state index in [9.17, 15) is 0 Å². The minimum Gasteiger partial charge on any atom is -0.455 e. The molecule has 0 atom stereocenters. The van der Waals surface area contributed by atoms with E-state index in [0.717, 1.165) is 39.3 Å². The summed E-state index contributed by atoms with van der Waals surface area (Å²) in [6.07, 6.45) is 0. The zero-order valence-corrected chi connectivity index (χ0v) is 38.9. The van der Waals surface area contributed by atoms with Crippen LogP contribution in [-0.2, 0) is 10.8 Å². The summed E-state index contributed by atoms with van der Waals surface area (Å²) >= 11 is 1.87. The molecule has 12 aromatic rings. The predicted octanol–water partition coefficient (Wildman–Crippen LogP) is 18.3. The minimum absolute atomic E-state index is 0.130. The molecule has 324 valence electrons. The molecule has 1 spiro atoms. The summed E-state index contributed by atoms with van der Waals surface area (Å²) in [6, 6.07) is 83.7. The number of hydrogen-bond acceptors (Lipinski definition) is 3. The van der Waals surface area contributed by atoms with E-state index in [-0.39, 0.29) is 5.41 Å². The van der Waals surface area contributed by atoms with Gasteiger partial charge in [-0.3, -0.25) is 0 Å². The van der Waals surface area contributed by atoms with Gasteiger partial charge in [-0.25, -0.2) is 0 Å². The van der Waals surface area contributed by atoms with Gasteiger partial charge in [0.1, 0.15) is 11.5 Å². The number of thiophene rings is 1. The second kappa shape index (κ2) is 14.1. The van der Waals surface area contributed by atoms with Gasteiger partial charge in [0, 0.05) is 64.5 Å². The Morgan fingerprint density at radius 2 is 0.899 bits per heavy atom. The summed E-state index contributed by atoms with van der Waals surface area (Å²) in [5.74, 6) is 1.87. The second-order valence-corrected chi connectivity index (χ2v) is 20.6. The van der Waals surface area contributed by atoms with E-state index in [1.807, 2.05) is 11.3 Å². The Balaban J connectivity index is 0.923. The third-order valence-corrected chi connectivity index (χ3v) is 16.8. The van der Waals surface area contributed by atoms with Gasteiger partial charge < -0.3 is 9.64 Å². The van der Waals surface area contributed by atoms with Crippen LogP contribution in [-0.4, -0.2) is 0 Å². The highest BCUT2D eigenvalue weighted by Crippen LogP contribution is 2.64. The number of nitrogens with zero attached hydrogens (tertiary/aromatic N) is 1. The molecule has 0 saturated heterocycles. The van der Waals surface area contributed by atoms with Crippen LogP contribution in [0.3, 0.4) is 0 Å². The first-order valence-corrected chi connectivity index (χ1v) is 24.8. The van der Waals surface area contributed by atoms with Crippen molar-refractivity contribution in [1.29, 1.82) is 0 Å². The Bertz CT molecular complexity index is 4090. The van der Waals surface area contributed by atoms with E-state index in [0.29, 0.717) is 0 Å². The number of anilines is 3. The summed E-state index contributed by atoms with van der Waals surface area (Å²) in [5, 5.41) is 7.20. The maximum atomic E-state index is 7.21. The van der Waals surface area contributed by atoms with Gasteiger partial charge in [-0.1, -0.05) is 190 Å². The van der Waals surface area contributed by atoms with Crippen molar-refractivity contribution in [2.24, 2.45) is 0 Å². The van der Waals surface area contributed by atoms with Crippen molar-refractivity contribution in [3.8, 4) is 44.9 Å². The van der Waals surface area contributed by atoms with Crippen LogP contribution < -0.4 is 9.64 Å². The van der Waals surface area contributed by atoms with E-state index in [2.05, 4.69) is 243 Å². The number of fused-ring (bicyclic) bond motifs is 19. The molecule has 1 aromatic heterocycles. The summed E-state index contributed by atoms with van der Waals surface area (Å²) in [5.41, 5.74) is 17.8. The molecule has 0 unspecified atom stereocenters. The van der Waals surface area contributed by atoms with Gasteiger partial charge in [0.15, 0.2) is 0 Å². The fourth-order valence-electron chi connectivity index (χ4n) is 12.5. The third-order valence-electron chi connectivity index (χ3n) is 15.7. The molecule has 3 heteroatoms. The van der Waals surface area contributed by atoms with E-state index < -0.39 is 5.41 Å². The molecule has 11 aromatic carbocycles.